The maximum absolute atomic E-state index is 12.1. The monoisotopic (exact) mass is 290 g/mol. The van der Waals surface area contributed by atoms with Crippen LogP contribution in [-0.2, 0) is 24.1 Å². The third kappa shape index (κ3) is 3.11. The van der Waals surface area contributed by atoms with Crippen LogP contribution in [0.1, 0.15) is 13.8 Å². The van der Waals surface area contributed by atoms with Crippen molar-refractivity contribution in [3.63, 3.8) is 0 Å². The minimum absolute atomic E-state index is 0.0678. The Morgan fingerprint density at radius 2 is 1.84 bits per heavy atom. The highest BCUT2D eigenvalue weighted by Gasteiger charge is 2.28. The summed E-state index contributed by atoms with van der Waals surface area (Å²) >= 11 is 0. The van der Waals surface area contributed by atoms with Crippen molar-refractivity contribution in [1.29, 1.82) is 0 Å². The van der Waals surface area contributed by atoms with Crippen molar-refractivity contribution in [1.82, 2.24) is 13.9 Å². The van der Waals surface area contributed by atoms with Crippen LogP contribution in [0.15, 0.2) is 20.7 Å². The second kappa shape index (κ2) is 4.91. The molecular weight excluding hydrogens is 272 g/mol. The summed E-state index contributed by atoms with van der Waals surface area (Å²) in [5, 5.41) is 0. The molecule has 9 heteroatoms. The van der Waals surface area contributed by atoms with E-state index in [-0.39, 0.29) is 6.54 Å². The summed E-state index contributed by atoms with van der Waals surface area (Å²) in [6.07, 6.45) is 1.000. The third-order valence-electron chi connectivity index (χ3n) is 2.63. The zero-order valence-electron chi connectivity index (χ0n) is 11.3. The Balaban J connectivity index is 3.48. The molecule has 108 valence electrons. The van der Waals surface area contributed by atoms with E-state index < -0.39 is 31.7 Å². The summed E-state index contributed by atoms with van der Waals surface area (Å²) in [5.41, 5.74) is 3.09. The first-order valence-electron chi connectivity index (χ1n) is 5.52. The first-order chi connectivity index (χ1) is 8.52. The highest BCUT2D eigenvalue weighted by atomic mass is 32.2. The summed E-state index contributed by atoms with van der Waals surface area (Å²) in [5.74, 6) is 0. The molecule has 0 bridgehead atoms. The van der Waals surface area contributed by atoms with E-state index in [4.69, 9.17) is 5.73 Å². The molecule has 8 nitrogen and oxygen atoms in total. The standard InChI is InChI=1S/C10H18N4O4S/c1-10(2,6-11)12-19(17,18)7-5-13(3)9(16)14(4)8(7)15/h5,12H,6,11H2,1-4H3. The smallest absolute Gasteiger partial charge is 0.329 e. The van der Waals surface area contributed by atoms with E-state index in [0.29, 0.717) is 0 Å². The van der Waals surface area contributed by atoms with Gasteiger partial charge in [-0.2, -0.15) is 0 Å². The molecule has 0 radical (unpaired) electrons. The Kier molecular flexibility index (Phi) is 4.03. The summed E-state index contributed by atoms with van der Waals surface area (Å²) in [7, 11) is -1.46. The van der Waals surface area contributed by atoms with Gasteiger partial charge in [0.05, 0.1) is 0 Å². The van der Waals surface area contributed by atoms with E-state index in [9.17, 15) is 18.0 Å². The van der Waals surface area contributed by atoms with Crippen molar-refractivity contribution >= 4 is 10.0 Å². The molecule has 0 amide bonds. The van der Waals surface area contributed by atoms with Gasteiger partial charge in [-0.05, 0) is 13.8 Å². The molecule has 0 spiro atoms. The molecule has 1 aromatic rings. The van der Waals surface area contributed by atoms with Gasteiger partial charge in [-0.1, -0.05) is 0 Å². The van der Waals surface area contributed by atoms with Crippen LogP contribution in [0.4, 0.5) is 0 Å². The summed E-state index contributed by atoms with van der Waals surface area (Å²) in [6.45, 7) is 3.26. The molecule has 0 atom stereocenters. The fraction of sp³-hybridized carbons (Fsp3) is 0.600. The van der Waals surface area contributed by atoms with Crippen LogP contribution < -0.4 is 21.7 Å². The zero-order chi connectivity index (χ0) is 15.0. The number of rotatable bonds is 4. The number of nitrogens with one attached hydrogen (secondary N) is 1. The number of sulfonamides is 1. The van der Waals surface area contributed by atoms with Crippen LogP contribution in [0.3, 0.4) is 0 Å². The predicted octanol–water partition coefficient (Wildman–Crippen LogP) is -1.90. The van der Waals surface area contributed by atoms with Gasteiger partial charge >= 0.3 is 5.69 Å². The lowest BCUT2D eigenvalue weighted by Crippen LogP contribution is -2.50. The van der Waals surface area contributed by atoms with Crippen molar-refractivity contribution < 1.29 is 8.42 Å². The average Bonchev–Trinajstić information content (AvgIpc) is 2.29. The lowest BCUT2D eigenvalue weighted by Gasteiger charge is -2.23. The molecule has 0 saturated carbocycles. The number of hydrogen-bond acceptors (Lipinski definition) is 5. The Morgan fingerprint density at radius 1 is 1.32 bits per heavy atom. The van der Waals surface area contributed by atoms with Crippen LogP contribution in [0.2, 0.25) is 0 Å². The molecule has 1 aromatic heterocycles. The molecule has 0 saturated heterocycles. The van der Waals surface area contributed by atoms with Gasteiger partial charge in [-0.3, -0.25) is 9.36 Å². The van der Waals surface area contributed by atoms with Gasteiger partial charge in [0.25, 0.3) is 5.56 Å². The van der Waals surface area contributed by atoms with Crippen LogP contribution in [-0.4, -0.2) is 29.6 Å². The Hall–Kier alpha value is -1.45. The molecule has 0 aliphatic carbocycles. The molecule has 1 rings (SSSR count). The molecule has 1 heterocycles. The van der Waals surface area contributed by atoms with E-state index in [1.807, 2.05) is 0 Å². The fourth-order valence-corrected chi connectivity index (χ4v) is 3.00. The van der Waals surface area contributed by atoms with Crippen LogP contribution >= 0.6 is 0 Å². The first-order valence-corrected chi connectivity index (χ1v) is 7.01. The van der Waals surface area contributed by atoms with Gasteiger partial charge in [-0.15, -0.1) is 0 Å². The fourth-order valence-electron chi connectivity index (χ4n) is 1.42. The molecule has 0 aliphatic heterocycles. The molecule has 0 aliphatic rings. The average molecular weight is 290 g/mol. The van der Waals surface area contributed by atoms with Gasteiger partial charge in [0.2, 0.25) is 10.0 Å². The number of nitrogens with two attached hydrogens (primary N) is 1. The number of hydrogen-bond donors (Lipinski definition) is 2. The summed E-state index contributed by atoms with van der Waals surface area (Å²) in [6, 6.07) is 0. The van der Waals surface area contributed by atoms with Gasteiger partial charge in [-0.25, -0.2) is 17.9 Å². The van der Waals surface area contributed by atoms with Crippen molar-refractivity contribution in [3.05, 3.63) is 27.0 Å². The van der Waals surface area contributed by atoms with Crippen molar-refractivity contribution in [2.45, 2.75) is 24.3 Å². The van der Waals surface area contributed by atoms with Gasteiger partial charge in [0.1, 0.15) is 0 Å². The lowest BCUT2D eigenvalue weighted by molar-refractivity contribution is 0.460. The molecule has 0 unspecified atom stereocenters. The number of aromatic nitrogens is 2. The highest BCUT2D eigenvalue weighted by molar-refractivity contribution is 7.89. The van der Waals surface area contributed by atoms with E-state index in [1.165, 1.54) is 14.1 Å². The second-order valence-electron chi connectivity index (χ2n) is 4.94. The number of aryl methyl sites for hydroxylation is 1. The van der Waals surface area contributed by atoms with Crippen LogP contribution in [0, 0.1) is 0 Å². The maximum Gasteiger partial charge on any atom is 0.330 e. The van der Waals surface area contributed by atoms with E-state index >= 15 is 0 Å². The topological polar surface area (TPSA) is 116 Å². The van der Waals surface area contributed by atoms with Gasteiger partial charge < -0.3 is 10.3 Å². The third-order valence-corrected chi connectivity index (χ3v) is 4.31. The van der Waals surface area contributed by atoms with Gasteiger partial charge in [0, 0.05) is 32.4 Å². The minimum atomic E-state index is -4.05. The molecule has 0 fully saturated rings. The molecule has 3 N–H and O–H groups in total. The van der Waals surface area contributed by atoms with E-state index in [0.717, 1.165) is 15.3 Å². The quantitative estimate of drug-likeness (QED) is 0.672. The Bertz CT molecular complexity index is 699. The van der Waals surface area contributed by atoms with Crippen molar-refractivity contribution in [2.24, 2.45) is 19.8 Å². The largest absolute Gasteiger partial charge is 0.330 e. The molecule has 0 aromatic carbocycles. The maximum atomic E-state index is 12.1. The summed E-state index contributed by atoms with van der Waals surface area (Å²) in [4.78, 5) is 22.9. The Labute approximate surface area is 110 Å². The van der Waals surface area contributed by atoms with Gasteiger partial charge in [0.15, 0.2) is 4.90 Å². The first kappa shape index (κ1) is 15.6. The van der Waals surface area contributed by atoms with E-state index in [2.05, 4.69) is 4.72 Å². The predicted molar refractivity (Wildman–Crippen MR) is 70.4 cm³/mol. The van der Waals surface area contributed by atoms with Crippen LogP contribution in [0.5, 0.6) is 0 Å². The molecule has 19 heavy (non-hydrogen) atoms. The molecular formula is C10H18N4O4S. The highest BCUT2D eigenvalue weighted by Crippen LogP contribution is 2.07. The lowest BCUT2D eigenvalue weighted by atomic mass is 10.1. The number of nitrogens with zero attached hydrogens (tertiary/aromatic N) is 2. The SMILES string of the molecule is Cn1cc(S(=O)(=O)NC(C)(C)CN)c(=O)n(C)c1=O. The zero-order valence-corrected chi connectivity index (χ0v) is 12.1. The van der Waals surface area contributed by atoms with Crippen molar-refractivity contribution in [2.75, 3.05) is 6.54 Å². The normalized spacial score (nSPS) is 12.7. The van der Waals surface area contributed by atoms with E-state index in [1.54, 1.807) is 13.8 Å². The van der Waals surface area contributed by atoms with Crippen molar-refractivity contribution in [3.8, 4) is 0 Å². The second-order valence-corrected chi connectivity index (χ2v) is 6.60. The Morgan fingerprint density at radius 3 is 2.32 bits per heavy atom. The van der Waals surface area contributed by atoms with Crippen LogP contribution in [0.25, 0.3) is 0 Å². The summed E-state index contributed by atoms with van der Waals surface area (Å²) < 4.78 is 28.4. The minimum Gasteiger partial charge on any atom is -0.329 e.